The summed E-state index contributed by atoms with van der Waals surface area (Å²) in [7, 11) is 0. The van der Waals surface area contributed by atoms with Gasteiger partial charge in [0.05, 0.1) is 23.0 Å². The molecule has 0 spiro atoms. The molecule has 1 aliphatic heterocycles. The molecule has 2 aromatic carbocycles. The van der Waals surface area contributed by atoms with Gasteiger partial charge in [0.15, 0.2) is 11.5 Å². The summed E-state index contributed by atoms with van der Waals surface area (Å²) in [6.07, 6.45) is 5.14. The normalized spacial score (nSPS) is 14.0. The average molecular weight is 579 g/mol. The number of nitrogens with zero attached hydrogens (tertiary/aromatic N) is 8. The third-order valence-electron chi connectivity index (χ3n) is 7.98. The number of imidazole rings is 1. The lowest BCUT2D eigenvalue weighted by molar-refractivity contribution is 0.211. The van der Waals surface area contributed by atoms with Crippen LogP contribution in [0.3, 0.4) is 0 Å². The maximum absolute atomic E-state index is 9.12. The van der Waals surface area contributed by atoms with Crippen LogP contribution >= 0.6 is 0 Å². The van der Waals surface area contributed by atoms with Gasteiger partial charge in [-0.1, -0.05) is 42.5 Å². The molecular formula is C34H30N10. The van der Waals surface area contributed by atoms with E-state index >= 15 is 0 Å². The number of nitriles is 1. The highest BCUT2D eigenvalue weighted by Crippen LogP contribution is 2.32. The van der Waals surface area contributed by atoms with Gasteiger partial charge < -0.3 is 11.1 Å². The number of hydrogen-bond donors (Lipinski definition) is 2. The van der Waals surface area contributed by atoms with Crippen molar-refractivity contribution in [3.8, 4) is 34.4 Å². The zero-order valence-electron chi connectivity index (χ0n) is 24.0. The van der Waals surface area contributed by atoms with Crippen molar-refractivity contribution < 1.29 is 0 Å². The third-order valence-corrected chi connectivity index (χ3v) is 7.98. The molecule has 44 heavy (non-hydrogen) atoms. The van der Waals surface area contributed by atoms with Gasteiger partial charge in [0.1, 0.15) is 23.2 Å². The summed E-state index contributed by atoms with van der Waals surface area (Å²) >= 11 is 0. The van der Waals surface area contributed by atoms with Crippen molar-refractivity contribution in [1.29, 1.82) is 5.26 Å². The molecule has 3 N–H and O–H groups in total. The second-order valence-corrected chi connectivity index (χ2v) is 10.9. The van der Waals surface area contributed by atoms with Crippen LogP contribution in [-0.4, -0.2) is 53.7 Å². The number of nitrogens with one attached hydrogen (secondary N) is 1. The fourth-order valence-electron chi connectivity index (χ4n) is 5.71. The number of anilines is 2. The van der Waals surface area contributed by atoms with E-state index in [4.69, 9.17) is 21.0 Å². The minimum absolute atomic E-state index is 0.304. The molecule has 0 radical (unpaired) electrons. The van der Waals surface area contributed by atoms with Gasteiger partial charge in [-0.3, -0.25) is 9.47 Å². The quantitative estimate of drug-likeness (QED) is 0.253. The molecule has 0 unspecified atom stereocenters. The summed E-state index contributed by atoms with van der Waals surface area (Å²) in [5.41, 5.74) is 13.3. The van der Waals surface area contributed by atoms with E-state index in [2.05, 4.69) is 72.4 Å². The van der Waals surface area contributed by atoms with Gasteiger partial charge in [-0.05, 0) is 54.8 Å². The number of piperidine rings is 1. The average Bonchev–Trinajstić information content (AvgIpc) is 3.45. The first-order valence-electron chi connectivity index (χ1n) is 14.6. The maximum Gasteiger partial charge on any atom is 0.165 e. The Kier molecular flexibility index (Phi) is 7.36. The van der Waals surface area contributed by atoms with Crippen molar-refractivity contribution in [2.24, 2.45) is 0 Å². The summed E-state index contributed by atoms with van der Waals surface area (Å²) in [4.78, 5) is 16.8. The van der Waals surface area contributed by atoms with Gasteiger partial charge in [0.25, 0.3) is 0 Å². The predicted molar refractivity (Wildman–Crippen MR) is 171 cm³/mol. The van der Waals surface area contributed by atoms with Crippen LogP contribution in [0.1, 0.15) is 24.0 Å². The Hall–Kier alpha value is -5.66. The fourth-order valence-corrected chi connectivity index (χ4v) is 5.71. The Morgan fingerprint density at radius 1 is 0.932 bits per heavy atom. The number of rotatable bonds is 7. The number of likely N-dealkylation sites (tertiary alicyclic amines) is 1. The molecule has 1 saturated heterocycles. The van der Waals surface area contributed by atoms with Crippen LogP contribution in [0.5, 0.6) is 0 Å². The molecule has 0 aliphatic carbocycles. The lowest BCUT2D eigenvalue weighted by Crippen LogP contribution is -2.38. The zero-order valence-corrected chi connectivity index (χ0v) is 24.0. The van der Waals surface area contributed by atoms with Gasteiger partial charge in [-0.15, -0.1) is 5.10 Å². The van der Waals surface area contributed by atoms with Crippen molar-refractivity contribution in [2.75, 3.05) is 24.1 Å². The van der Waals surface area contributed by atoms with Gasteiger partial charge in [-0.25, -0.2) is 15.0 Å². The number of aromatic nitrogens is 6. The molecule has 6 aromatic rings. The van der Waals surface area contributed by atoms with Crippen LogP contribution in [0.2, 0.25) is 0 Å². The molecule has 5 heterocycles. The number of pyridine rings is 2. The summed E-state index contributed by atoms with van der Waals surface area (Å²) in [6.45, 7) is 2.79. The molecule has 1 aliphatic rings. The highest BCUT2D eigenvalue weighted by atomic mass is 15.2. The summed E-state index contributed by atoms with van der Waals surface area (Å²) in [5.74, 6) is 1.78. The van der Waals surface area contributed by atoms with E-state index in [0.717, 1.165) is 66.1 Å². The van der Waals surface area contributed by atoms with Gasteiger partial charge in [-0.2, -0.15) is 10.4 Å². The van der Waals surface area contributed by atoms with Crippen LogP contribution in [0, 0.1) is 11.3 Å². The van der Waals surface area contributed by atoms with E-state index in [1.807, 2.05) is 42.5 Å². The van der Waals surface area contributed by atoms with Crippen molar-refractivity contribution in [3.63, 3.8) is 0 Å². The van der Waals surface area contributed by atoms with Crippen LogP contribution in [0.25, 0.3) is 39.5 Å². The van der Waals surface area contributed by atoms with Crippen LogP contribution in [0.4, 0.5) is 11.6 Å². The van der Waals surface area contributed by atoms with E-state index in [1.165, 1.54) is 11.8 Å². The van der Waals surface area contributed by atoms with Crippen molar-refractivity contribution in [1.82, 2.24) is 34.6 Å². The standard InChI is InChI=1S/C34H30N10/c35-20-24-19-31(42-38-21-24)39-26-14-17-43(18-15-26)22-23-8-10-27(11-9-23)44-33(28-7-4-16-37-32(28)36)41-30-13-12-29(40-34(30)44)25-5-2-1-3-6-25/h1-13,16,19,21,26H,14-15,17-18,22H2,(H2,36,37)(H,39,42). The molecule has 10 nitrogen and oxygen atoms in total. The first-order valence-corrected chi connectivity index (χ1v) is 14.6. The van der Waals surface area contributed by atoms with E-state index in [0.29, 0.717) is 29.1 Å². The second kappa shape index (κ2) is 11.9. The molecule has 4 aromatic heterocycles. The number of nitrogens with two attached hydrogens (primary N) is 1. The monoisotopic (exact) mass is 578 g/mol. The lowest BCUT2D eigenvalue weighted by atomic mass is 10.0. The number of benzene rings is 2. The largest absolute Gasteiger partial charge is 0.383 e. The number of hydrogen-bond acceptors (Lipinski definition) is 9. The minimum Gasteiger partial charge on any atom is -0.383 e. The topological polar surface area (TPSA) is 134 Å². The molecule has 10 heteroatoms. The molecule has 1 fully saturated rings. The second-order valence-electron chi connectivity index (χ2n) is 10.9. The molecule has 216 valence electrons. The van der Waals surface area contributed by atoms with E-state index in [9.17, 15) is 0 Å². The minimum atomic E-state index is 0.304. The Balaban J connectivity index is 1.13. The van der Waals surface area contributed by atoms with Gasteiger partial charge in [0.2, 0.25) is 0 Å². The van der Waals surface area contributed by atoms with Crippen LogP contribution in [0.15, 0.2) is 97.3 Å². The van der Waals surface area contributed by atoms with Gasteiger partial charge >= 0.3 is 0 Å². The van der Waals surface area contributed by atoms with Gasteiger partial charge in [0, 0.05) is 49.2 Å². The summed E-state index contributed by atoms with van der Waals surface area (Å²) in [6, 6.07) is 30.7. The van der Waals surface area contributed by atoms with Crippen molar-refractivity contribution >= 4 is 22.8 Å². The van der Waals surface area contributed by atoms with Crippen LogP contribution in [-0.2, 0) is 6.54 Å². The van der Waals surface area contributed by atoms with E-state index in [1.54, 1.807) is 12.3 Å². The molecular weight excluding hydrogens is 548 g/mol. The fraction of sp³-hybridized carbons (Fsp3) is 0.176. The Bertz CT molecular complexity index is 1950. The summed E-state index contributed by atoms with van der Waals surface area (Å²) in [5, 5.41) is 20.6. The van der Waals surface area contributed by atoms with E-state index < -0.39 is 0 Å². The number of nitrogen functional groups attached to an aromatic ring is 1. The Labute approximate surface area is 254 Å². The predicted octanol–water partition coefficient (Wildman–Crippen LogP) is 5.47. The lowest BCUT2D eigenvalue weighted by Gasteiger charge is -2.32. The number of fused-ring (bicyclic) bond motifs is 1. The van der Waals surface area contributed by atoms with Crippen LogP contribution < -0.4 is 11.1 Å². The zero-order chi connectivity index (χ0) is 29.9. The highest BCUT2D eigenvalue weighted by molar-refractivity contribution is 5.84. The highest BCUT2D eigenvalue weighted by Gasteiger charge is 2.21. The molecule has 0 atom stereocenters. The van der Waals surface area contributed by atoms with E-state index in [-0.39, 0.29) is 0 Å². The first-order chi connectivity index (χ1) is 21.6. The van der Waals surface area contributed by atoms with Crippen molar-refractivity contribution in [3.05, 3.63) is 108 Å². The molecule has 0 saturated carbocycles. The molecule has 7 rings (SSSR count). The molecule has 0 bridgehead atoms. The smallest absolute Gasteiger partial charge is 0.165 e. The molecule has 0 amide bonds. The SMILES string of the molecule is N#Cc1cnnc(NC2CCN(Cc3ccc(-n4c(-c5cccnc5N)nc5ccc(-c6ccccc6)nc54)cc3)CC2)c1. The Morgan fingerprint density at radius 3 is 2.52 bits per heavy atom. The van der Waals surface area contributed by atoms with Crippen molar-refractivity contribution in [2.45, 2.75) is 25.4 Å². The first kappa shape index (κ1) is 27.2. The Morgan fingerprint density at radius 2 is 1.75 bits per heavy atom. The third kappa shape index (κ3) is 5.56. The summed E-state index contributed by atoms with van der Waals surface area (Å²) < 4.78 is 2.07. The maximum atomic E-state index is 9.12.